The highest BCUT2D eigenvalue weighted by molar-refractivity contribution is 6.36. The Morgan fingerprint density at radius 3 is 2.62 bits per heavy atom. The lowest BCUT2D eigenvalue weighted by atomic mass is 10.1. The van der Waals surface area contributed by atoms with Crippen molar-refractivity contribution in [3.05, 3.63) is 57.8 Å². The van der Waals surface area contributed by atoms with E-state index in [1.807, 2.05) is 0 Å². The number of hydrogen-bond donors (Lipinski definition) is 1. The number of ether oxygens (including phenoxy) is 1. The van der Waals surface area contributed by atoms with Crippen LogP contribution in [0, 0.1) is 5.82 Å². The Morgan fingerprint density at radius 1 is 1.24 bits per heavy atom. The van der Waals surface area contributed by atoms with E-state index in [0.29, 0.717) is 15.7 Å². The summed E-state index contributed by atoms with van der Waals surface area (Å²) in [6.45, 7) is -0.00682. The monoisotopic (exact) mass is 327 g/mol. The molecule has 0 saturated heterocycles. The summed E-state index contributed by atoms with van der Waals surface area (Å²) in [5, 5.41) is 3.81. The van der Waals surface area contributed by atoms with Crippen LogP contribution in [0.2, 0.25) is 10.0 Å². The first-order chi connectivity index (χ1) is 10.0. The van der Waals surface area contributed by atoms with E-state index < -0.39 is 5.82 Å². The van der Waals surface area contributed by atoms with Crippen molar-refractivity contribution in [2.75, 3.05) is 19.0 Å². The Hall–Kier alpha value is -1.78. The first kappa shape index (κ1) is 15.6. The summed E-state index contributed by atoms with van der Waals surface area (Å²) < 4.78 is 18.4. The summed E-state index contributed by atoms with van der Waals surface area (Å²) in [5.41, 5.74) is 0.842. The van der Waals surface area contributed by atoms with Gasteiger partial charge in [-0.2, -0.15) is 0 Å². The van der Waals surface area contributed by atoms with Crippen LogP contribution in [0.15, 0.2) is 36.4 Å². The van der Waals surface area contributed by atoms with Gasteiger partial charge in [-0.05, 0) is 36.4 Å². The summed E-state index contributed by atoms with van der Waals surface area (Å²) in [5.74, 6) is -0.740. The van der Waals surface area contributed by atoms with Gasteiger partial charge in [0.15, 0.2) is 17.3 Å². The van der Waals surface area contributed by atoms with Crippen LogP contribution in [0.5, 0.6) is 5.75 Å². The Bertz CT molecular complexity index is 677. The highest BCUT2D eigenvalue weighted by Crippen LogP contribution is 2.25. The lowest BCUT2D eigenvalue weighted by Crippen LogP contribution is -2.14. The summed E-state index contributed by atoms with van der Waals surface area (Å²) in [6, 6.07) is 8.97. The summed E-state index contributed by atoms with van der Waals surface area (Å²) in [4.78, 5) is 12.0. The Morgan fingerprint density at radius 2 is 2.00 bits per heavy atom. The smallest absolute Gasteiger partial charge is 0.181 e. The molecular weight excluding hydrogens is 316 g/mol. The molecule has 0 amide bonds. The second-order valence-corrected chi connectivity index (χ2v) is 5.09. The Kier molecular flexibility index (Phi) is 5.04. The lowest BCUT2D eigenvalue weighted by Gasteiger charge is -2.09. The normalized spacial score (nSPS) is 10.3. The quantitative estimate of drug-likeness (QED) is 0.825. The molecule has 21 heavy (non-hydrogen) atoms. The van der Waals surface area contributed by atoms with Crippen LogP contribution in [-0.4, -0.2) is 19.4 Å². The van der Waals surface area contributed by atoms with E-state index in [-0.39, 0.29) is 23.6 Å². The molecule has 0 unspecified atom stereocenters. The van der Waals surface area contributed by atoms with Crippen LogP contribution in [-0.2, 0) is 0 Å². The molecule has 0 bridgehead atoms. The van der Waals surface area contributed by atoms with Gasteiger partial charge in [-0.25, -0.2) is 4.39 Å². The molecule has 0 atom stereocenters. The van der Waals surface area contributed by atoms with E-state index in [1.54, 1.807) is 18.2 Å². The van der Waals surface area contributed by atoms with E-state index in [1.165, 1.54) is 19.2 Å². The van der Waals surface area contributed by atoms with Gasteiger partial charge < -0.3 is 10.1 Å². The molecule has 2 aromatic rings. The minimum Gasteiger partial charge on any atom is -0.494 e. The maximum absolute atomic E-state index is 13.5. The number of Topliss-reactive ketones (excluding diaryl/α,β-unsaturated/α-hetero) is 1. The van der Waals surface area contributed by atoms with Crippen molar-refractivity contribution in [2.45, 2.75) is 0 Å². The first-order valence-corrected chi connectivity index (χ1v) is 6.82. The molecule has 1 N–H and O–H groups in total. The number of rotatable bonds is 5. The van der Waals surface area contributed by atoms with Gasteiger partial charge >= 0.3 is 0 Å². The maximum Gasteiger partial charge on any atom is 0.181 e. The molecule has 110 valence electrons. The lowest BCUT2D eigenvalue weighted by molar-refractivity contribution is 0.101. The van der Waals surface area contributed by atoms with Crippen molar-refractivity contribution in [2.24, 2.45) is 0 Å². The molecule has 6 heteroatoms. The van der Waals surface area contributed by atoms with Gasteiger partial charge in [-0.3, -0.25) is 4.79 Å². The van der Waals surface area contributed by atoms with Gasteiger partial charge in [-0.15, -0.1) is 0 Å². The second kappa shape index (κ2) is 6.78. The fourth-order valence-electron chi connectivity index (χ4n) is 1.75. The van der Waals surface area contributed by atoms with Gasteiger partial charge in [0.05, 0.1) is 24.4 Å². The van der Waals surface area contributed by atoms with Crippen molar-refractivity contribution in [3.63, 3.8) is 0 Å². The van der Waals surface area contributed by atoms with Gasteiger partial charge in [-0.1, -0.05) is 23.2 Å². The molecule has 0 aliphatic carbocycles. The molecule has 0 aromatic heterocycles. The van der Waals surface area contributed by atoms with Crippen molar-refractivity contribution in [1.29, 1.82) is 0 Å². The predicted octanol–water partition coefficient (Wildman–Crippen LogP) is 4.44. The Labute approximate surface area is 131 Å². The zero-order valence-corrected chi connectivity index (χ0v) is 12.6. The van der Waals surface area contributed by atoms with E-state index in [9.17, 15) is 9.18 Å². The molecule has 0 aliphatic heterocycles. The molecule has 0 radical (unpaired) electrons. The van der Waals surface area contributed by atoms with Crippen LogP contribution in [0.3, 0.4) is 0 Å². The molecule has 0 fully saturated rings. The summed E-state index contributed by atoms with van der Waals surface area (Å²) in [7, 11) is 1.37. The van der Waals surface area contributed by atoms with Gasteiger partial charge in [0.2, 0.25) is 0 Å². The molecule has 3 nitrogen and oxygen atoms in total. The van der Waals surface area contributed by atoms with E-state index in [2.05, 4.69) is 5.32 Å². The highest BCUT2D eigenvalue weighted by atomic mass is 35.5. The molecule has 0 saturated carbocycles. The number of carbonyl (C=O) groups is 1. The van der Waals surface area contributed by atoms with Crippen LogP contribution in [0.1, 0.15) is 10.4 Å². The van der Waals surface area contributed by atoms with Crippen molar-refractivity contribution >= 4 is 34.7 Å². The number of benzene rings is 2. The fourth-order valence-corrected chi connectivity index (χ4v) is 2.23. The average molecular weight is 328 g/mol. The van der Waals surface area contributed by atoms with Gasteiger partial charge in [0, 0.05) is 10.6 Å². The van der Waals surface area contributed by atoms with E-state index in [0.717, 1.165) is 6.07 Å². The molecule has 0 spiro atoms. The molecule has 2 aromatic carbocycles. The van der Waals surface area contributed by atoms with Crippen molar-refractivity contribution < 1.29 is 13.9 Å². The standard InChI is InChI=1S/C15H12Cl2FNO2/c1-21-15-5-2-9(6-12(15)18)14(20)8-19-13-4-3-10(16)7-11(13)17/h2-7,19H,8H2,1H3. The van der Waals surface area contributed by atoms with E-state index >= 15 is 0 Å². The van der Waals surface area contributed by atoms with Crippen LogP contribution in [0.4, 0.5) is 10.1 Å². The minimum atomic E-state index is -0.576. The third-order valence-corrected chi connectivity index (χ3v) is 3.39. The zero-order chi connectivity index (χ0) is 15.4. The zero-order valence-electron chi connectivity index (χ0n) is 11.1. The number of halogens is 3. The summed E-state index contributed by atoms with van der Waals surface area (Å²) >= 11 is 11.8. The van der Waals surface area contributed by atoms with Crippen LogP contribution < -0.4 is 10.1 Å². The highest BCUT2D eigenvalue weighted by Gasteiger charge is 2.11. The second-order valence-electron chi connectivity index (χ2n) is 4.25. The van der Waals surface area contributed by atoms with Crippen molar-refractivity contribution in [1.82, 2.24) is 0 Å². The van der Waals surface area contributed by atoms with Crippen molar-refractivity contribution in [3.8, 4) is 5.75 Å². The molecular formula is C15H12Cl2FNO2. The summed E-state index contributed by atoms with van der Waals surface area (Å²) in [6.07, 6.45) is 0. The molecule has 0 aliphatic rings. The van der Waals surface area contributed by atoms with Crippen LogP contribution in [0.25, 0.3) is 0 Å². The number of nitrogens with one attached hydrogen (secondary N) is 1. The number of carbonyl (C=O) groups excluding carboxylic acids is 1. The number of ketones is 1. The number of hydrogen-bond acceptors (Lipinski definition) is 3. The third kappa shape index (κ3) is 3.86. The van der Waals surface area contributed by atoms with Gasteiger partial charge in [0.1, 0.15) is 0 Å². The van der Waals surface area contributed by atoms with E-state index in [4.69, 9.17) is 27.9 Å². The van der Waals surface area contributed by atoms with Gasteiger partial charge in [0.25, 0.3) is 0 Å². The predicted molar refractivity (Wildman–Crippen MR) is 82.2 cm³/mol. The third-order valence-electron chi connectivity index (χ3n) is 2.84. The number of anilines is 1. The maximum atomic E-state index is 13.5. The fraction of sp³-hybridized carbons (Fsp3) is 0.133. The SMILES string of the molecule is COc1ccc(C(=O)CNc2ccc(Cl)cc2Cl)cc1F. The first-order valence-electron chi connectivity index (χ1n) is 6.07. The number of methoxy groups -OCH3 is 1. The topological polar surface area (TPSA) is 38.3 Å². The minimum absolute atomic E-state index is 0.00682. The average Bonchev–Trinajstić information content (AvgIpc) is 2.46. The molecule has 0 heterocycles. The largest absolute Gasteiger partial charge is 0.494 e. The molecule has 2 rings (SSSR count). The Balaban J connectivity index is 2.06. The van der Waals surface area contributed by atoms with Crippen LogP contribution >= 0.6 is 23.2 Å².